The summed E-state index contributed by atoms with van der Waals surface area (Å²) in [4.78, 5) is 0. The minimum absolute atomic E-state index is 0.531. The maximum Gasteiger partial charge on any atom is 0.104 e. The highest BCUT2D eigenvalue weighted by Crippen LogP contribution is 2.25. The molecular formula is C18H22O. The van der Waals surface area contributed by atoms with Gasteiger partial charge in [0.15, 0.2) is 0 Å². The predicted octanol–water partition coefficient (Wildman–Crippen LogP) is 4.20. The highest BCUT2D eigenvalue weighted by Gasteiger charge is 2.12. The Morgan fingerprint density at radius 1 is 0.895 bits per heavy atom. The first-order valence-electron chi connectivity index (χ1n) is 7.02. The number of hydrogen-bond donors (Lipinski definition) is 1. The van der Waals surface area contributed by atoms with Gasteiger partial charge in [0.25, 0.3) is 0 Å². The SMILES string of the molecule is CCc1ccc(C(O)c2cccc(C)c2)cc1CC. The van der Waals surface area contributed by atoms with Gasteiger partial charge >= 0.3 is 0 Å². The van der Waals surface area contributed by atoms with Crippen LogP contribution < -0.4 is 0 Å². The topological polar surface area (TPSA) is 20.2 Å². The largest absolute Gasteiger partial charge is 0.384 e. The van der Waals surface area contributed by atoms with Gasteiger partial charge in [-0.3, -0.25) is 0 Å². The number of rotatable bonds is 4. The van der Waals surface area contributed by atoms with Gasteiger partial charge in [0.05, 0.1) is 0 Å². The lowest BCUT2D eigenvalue weighted by Gasteiger charge is -2.15. The van der Waals surface area contributed by atoms with Gasteiger partial charge in [0.2, 0.25) is 0 Å². The second-order valence-electron chi connectivity index (χ2n) is 5.05. The lowest BCUT2D eigenvalue weighted by Crippen LogP contribution is -2.02. The Morgan fingerprint density at radius 3 is 2.21 bits per heavy atom. The smallest absolute Gasteiger partial charge is 0.104 e. The molecule has 1 nitrogen and oxygen atoms in total. The first-order chi connectivity index (χ1) is 9.15. The van der Waals surface area contributed by atoms with Gasteiger partial charge in [-0.05, 0) is 42.0 Å². The average Bonchev–Trinajstić information content (AvgIpc) is 2.45. The van der Waals surface area contributed by atoms with Gasteiger partial charge < -0.3 is 5.11 Å². The molecule has 19 heavy (non-hydrogen) atoms. The van der Waals surface area contributed by atoms with Crippen LogP contribution in [-0.4, -0.2) is 5.11 Å². The molecule has 0 saturated heterocycles. The molecule has 0 aliphatic heterocycles. The fourth-order valence-corrected chi connectivity index (χ4v) is 2.52. The zero-order valence-electron chi connectivity index (χ0n) is 12.0. The molecule has 2 aromatic rings. The standard InChI is InChI=1S/C18H22O/c1-4-14-9-10-17(12-15(14)5-2)18(19)16-8-6-7-13(3)11-16/h6-12,18-19H,4-5H2,1-3H3. The van der Waals surface area contributed by atoms with Crippen LogP contribution in [0.25, 0.3) is 0 Å². The van der Waals surface area contributed by atoms with Gasteiger partial charge in [0, 0.05) is 0 Å². The van der Waals surface area contributed by atoms with Crippen LogP contribution in [0.5, 0.6) is 0 Å². The normalized spacial score (nSPS) is 12.4. The summed E-state index contributed by atoms with van der Waals surface area (Å²) in [5.41, 5.74) is 5.85. The average molecular weight is 254 g/mol. The summed E-state index contributed by atoms with van der Waals surface area (Å²) in [7, 11) is 0. The molecule has 0 aliphatic rings. The number of aryl methyl sites for hydroxylation is 3. The highest BCUT2D eigenvalue weighted by molar-refractivity contribution is 5.38. The van der Waals surface area contributed by atoms with E-state index in [0.717, 1.165) is 24.0 Å². The Labute approximate surface area is 115 Å². The van der Waals surface area contributed by atoms with Gasteiger partial charge in [-0.25, -0.2) is 0 Å². The fourth-order valence-electron chi connectivity index (χ4n) is 2.52. The van der Waals surface area contributed by atoms with Crippen molar-refractivity contribution in [3.63, 3.8) is 0 Å². The van der Waals surface area contributed by atoms with Crippen molar-refractivity contribution in [2.24, 2.45) is 0 Å². The third-order valence-electron chi connectivity index (χ3n) is 3.67. The Bertz CT molecular complexity index is 557. The molecule has 0 amide bonds. The molecule has 100 valence electrons. The molecule has 0 radical (unpaired) electrons. The first kappa shape index (κ1) is 13.8. The van der Waals surface area contributed by atoms with E-state index in [-0.39, 0.29) is 0 Å². The Hall–Kier alpha value is -1.60. The zero-order valence-corrected chi connectivity index (χ0v) is 12.0. The number of benzene rings is 2. The summed E-state index contributed by atoms with van der Waals surface area (Å²) in [6.45, 7) is 6.39. The quantitative estimate of drug-likeness (QED) is 0.867. The first-order valence-corrected chi connectivity index (χ1v) is 7.02. The summed E-state index contributed by atoms with van der Waals surface area (Å²) >= 11 is 0. The fraction of sp³-hybridized carbons (Fsp3) is 0.333. The third-order valence-corrected chi connectivity index (χ3v) is 3.67. The van der Waals surface area contributed by atoms with E-state index in [2.05, 4.69) is 26.0 Å². The van der Waals surface area contributed by atoms with Crippen molar-refractivity contribution >= 4 is 0 Å². The van der Waals surface area contributed by atoms with Gasteiger partial charge in [0.1, 0.15) is 6.10 Å². The molecule has 0 saturated carbocycles. The lowest BCUT2D eigenvalue weighted by atomic mass is 9.94. The zero-order chi connectivity index (χ0) is 13.8. The minimum atomic E-state index is -0.531. The summed E-state index contributed by atoms with van der Waals surface area (Å²) in [5.74, 6) is 0. The van der Waals surface area contributed by atoms with Crippen LogP contribution >= 0.6 is 0 Å². The summed E-state index contributed by atoms with van der Waals surface area (Å²) < 4.78 is 0. The molecule has 0 fully saturated rings. The maximum atomic E-state index is 10.5. The summed E-state index contributed by atoms with van der Waals surface area (Å²) in [6, 6.07) is 14.4. The summed E-state index contributed by atoms with van der Waals surface area (Å²) in [5, 5.41) is 10.5. The molecule has 0 heterocycles. The van der Waals surface area contributed by atoms with Crippen molar-refractivity contribution in [2.45, 2.75) is 39.7 Å². The predicted molar refractivity (Wildman–Crippen MR) is 80.4 cm³/mol. The van der Waals surface area contributed by atoms with Gasteiger partial charge in [-0.2, -0.15) is 0 Å². The number of hydrogen-bond acceptors (Lipinski definition) is 1. The van der Waals surface area contributed by atoms with Crippen LogP contribution in [0.3, 0.4) is 0 Å². The molecule has 2 aromatic carbocycles. The summed E-state index contributed by atoms with van der Waals surface area (Å²) in [6.07, 6.45) is 1.53. The van der Waals surface area contributed by atoms with Gasteiger partial charge in [-0.1, -0.05) is 61.9 Å². The van der Waals surface area contributed by atoms with E-state index in [4.69, 9.17) is 0 Å². The van der Waals surface area contributed by atoms with Crippen LogP contribution in [0.4, 0.5) is 0 Å². The number of aliphatic hydroxyl groups excluding tert-OH is 1. The van der Waals surface area contributed by atoms with Crippen molar-refractivity contribution in [1.29, 1.82) is 0 Å². The van der Waals surface area contributed by atoms with E-state index in [0.29, 0.717) is 0 Å². The lowest BCUT2D eigenvalue weighted by molar-refractivity contribution is 0.220. The Kier molecular flexibility index (Phi) is 4.39. The molecule has 1 heteroatoms. The highest BCUT2D eigenvalue weighted by atomic mass is 16.3. The van der Waals surface area contributed by atoms with Crippen molar-refractivity contribution < 1.29 is 5.11 Å². The molecule has 0 aliphatic carbocycles. The third kappa shape index (κ3) is 3.05. The monoisotopic (exact) mass is 254 g/mol. The molecule has 2 rings (SSSR count). The van der Waals surface area contributed by atoms with Crippen molar-refractivity contribution in [2.75, 3.05) is 0 Å². The van der Waals surface area contributed by atoms with Crippen LogP contribution in [-0.2, 0) is 12.8 Å². The molecular weight excluding hydrogens is 232 g/mol. The second-order valence-corrected chi connectivity index (χ2v) is 5.05. The second kappa shape index (κ2) is 6.03. The van der Waals surface area contributed by atoms with E-state index in [1.54, 1.807) is 0 Å². The van der Waals surface area contributed by atoms with Crippen molar-refractivity contribution in [3.05, 3.63) is 70.3 Å². The molecule has 1 atom stereocenters. The van der Waals surface area contributed by atoms with Crippen LogP contribution in [0.2, 0.25) is 0 Å². The van der Waals surface area contributed by atoms with Crippen LogP contribution in [0, 0.1) is 6.92 Å². The molecule has 0 aromatic heterocycles. The molecule has 0 spiro atoms. The van der Waals surface area contributed by atoms with Crippen LogP contribution in [0.15, 0.2) is 42.5 Å². The minimum Gasteiger partial charge on any atom is -0.384 e. The van der Waals surface area contributed by atoms with Crippen molar-refractivity contribution in [3.8, 4) is 0 Å². The van der Waals surface area contributed by atoms with E-state index in [1.807, 2.05) is 37.3 Å². The molecule has 0 bridgehead atoms. The Balaban J connectivity index is 2.36. The Morgan fingerprint density at radius 2 is 1.58 bits per heavy atom. The van der Waals surface area contributed by atoms with Crippen molar-refractivity contribution in [1.82, 2.24) is 0 Å². The van der Waals surface area contributed by atoms with E-state index in [1.165, 1.54) is 16.7 Å². The van der Waals surface area contributed by atoms with E-state index < -0.39 is 6.10 Å². The van der Waals surface area contributed by atoms with Crippen LogP contribution in [0.1, 0.15) is 47.8 Å². The van der Waals surface area contributed by atoms with Gasteiger partial charge in [-0.15, -0.1) is 0 Å². The van der Waals surface area contributed by atoms with E-state index in [9.17, 15) is 5.11 Å². The van der Waals surface area contributed by atoms with E-state index >= 15 is 0 Å². The molecule has 1 N–H and O–H groups in total. The number of aliphatic hydroxyl groups is 1. The molecule has 1 unspecified atom stereocenters. The maximum absolute atomic E-state index is 10.5.